The van der Waals surface area contributed by atoms with Crippen molar-refractivity contribution in [2.75, 3.05) is 135 Å². The van der Waals surface area contributed by atoms with Gasteiger partial charge in [-0.25, -0.2) is 14.2 Å². The average molecular weight is 1990 g/mol. The lowest BCUT2D eigenvalue weighted by atomic mass is 10.3. The van der Waals surface area contributed by atoms with Gasteiger partial charge in [-0.3, -0.25) is 34.9 Å². The standard InChI is InChI=1S/2C4H8N2.2C4H7NO.2C4H7NS.C4H7N.C3H6N2O.2C3H6N2.2C3H5NO.2C3H5NS.28C2H6/c1-2-5-4-6-3-1;1-2-4-6-5-3-1;1-2-5-4-6-3-1;1-2-4-6-5-3-1;1-2-5-4-6-3-1;1-2-4-6-5-3-1;1-2-4-5-3-1;1-2-6-3-5-4-1;1-2-5-3-4-1;1-2-4-5-3-1;1-2-5-3-4-1;1-2-4-5-3-1;1-2-5-3-4-1;1-2-4-5-3-1;28*1-2/h4H,1-3H2,(H,5,6);3,6H,1-2,4H2;4H,1-3H2;3H,1-2,4H2;4H,1-3H2;3H,1-2,4H2;3H,1-2,4H2;3-4H,1-2H2;3H,1-2H2,(H,4,5);1-2,4-5H,3H2;3H,1-2H2;2H,1,3H2;3H,1-2H2;2H,1,3H2;28*1-2H3. The molecule has 28 heteroatoms. The molecule has 0 amide bonds. The molecule has 0 bridgehead atoms. The van der Waals surface area contributed by atoms with E-state index in [0.29, 0.717) is 0 Å². The molecule has 0 aromatic rings. The zero-order valence-corrected chi connectivity index (χ0v) is 104. The molecule has 133 heavy (non-hydrogen) atoms. The molecule has 14 rings (SSSR count). The zero-order chi connectivity index (χ0) is 110. The largest absolute Gasteiger partial charge is 0.483 e. The first-order chi connectivity index (χ1) is 66.5. The summed E-state index contributed by atoms with van der Waals surface area (Å²) in [5.74, 6) is 4.88. The lowest BCUT2D eigenvalue weighted by molar-refractivity contribution is 0.134. The number of ether oxygens (including phenoxy) is 3. The number of hydrogen-bond donors (Lipinski definition) is 6. The van der Waals surface area contributed by atoms with Gasteiger partial charge in [0.2, 0.25) is 0 Å². The third-order valence-electron chi connectivity index (χ3n) is 8.77. The fourth-order valence-electron chi connectivity index (χ4n) is 4.95. The Hall–Kier alpha value is -5.19. The van der Waals surface area contributed by atoms with Crippen molar-refractivity contribution in [2.45, 2.75) is 471 Å². The van der Waals surface area contributed by atoms with Gasteiger partial charge in [0.05, 0.1) is 50.0 Å². The van der Waals surface area contributed by atoms with E-state index in [1.807, 2.05) is 436 Å². The number of nitrogens with one attached hydrogen (secondary N) is 6. The van der Waals surface area contributed by atoms with Crippen molar-refractivity contribution in [3.63, 3.8) is 0 Å². The molecule has 0 atom stereocenters. The molecule has 0 aromatic heterocycles. The summed E-state index contributed by atoms with van der Waals surface area (Å²) in [6, 6.07) is 0. The van der Waals surface area contributed by atoms with Crippen LogP contribution in [0.25, 0.3) is 0 Å². The molecule has 14 heterocycles. The second kappa shape index (κ2) is 389. The highest BCUT2D eigenvalue weighted by Crippen LogP contribution is 2.09. The summed E-state index contributed by atoms with van der Waals surface area (Å²) in [5, 5.41) is 20.3. The Kier molecular flexibility index (Phi) is 604. The molecule has 0 fully saturated rings. The monoisotopic (exact) mass is 1990 g/mol. The highest BCUT2D eigenvalue weighted by atomic mass is 32.2. The van der Waals surface area contributed by atoms with Crippen molar-refractivity contribution in [1.82, 2.24) is 32.3 Å². The molecule has 0 aliphatic carbocycles. The van der Waals surface area contributed by atoms with E-state index in [0.717, 1.165) is 144 Å². The molecule has 0 spiro atoms. The Morgan fingerprint density at radius 2 is 0.654 bits per heavy atom. The van der Waals surface area contributed by atoms with Crippen LogP contribution in [-0.4, -0.2) is 215 Å². The minimum atomic E-state index is 0.740. The van der Waals surface area contributed by atoms with Gasteiger partial charge in [0, 0.05) is 132 Å². The van der Waals surface area contributed by atoms with Crippen LogP contribution in [0.1, 0.15) is 471 Å². The van der Waals surface area contributed by atoms with Crippen molar-refractivity contribution in [3.05, 3.63) is 12.3 Å². The fraction of sp³-hybridized carbons (Fsp3) is 0.857. The van der Waals surface area contributed by atoms with Gasteiger partial charge in [-0.2, -0.15) is 5.10 Å². The van der Waals surface area contributed by atoms with E-state index in [1.165, 1.54) is 93.6 Å². The maximum Gasteiger partial charge on any atom is 0.192 e. The molecule has 0 saturated heterocycles. The van der Waals surface area contributed by atoms with Gasteiger partial charge in [0.25, 0.3) is 0 Å². The number of hydrogen-bond acceptors (Lipinski definition) is 28. The van der Waals surface area contributed by atoms with Crippen LogP contribution in [0.3, 0.4) is 0 Å². The summed E-state index contributed by atoms with van der Waals surface area (Å²) in [6.45, 7) is 128. The van der Waals surface area contributed by atoms with Crippen LogP contribution in [0.5, 0.6) is 0 Å². The fourth-order valence-corrected chi connectivity index (χ4v) is 7.22. The van der Waals surface area contributed by atoms with Crippen molar-refractivity contribution < 1.29 is 23.9 Å². The summed E-state index contributed by atoms with van der Waals surface area (Å²) in [7, 11) is 0. The molecule has 14 aliphatic heterocycles. The number of oxime groups is 2. The molecule has 0 unspecified atom stereocenters. The van der Waals surface area contributed by atoms with E-state index in [1.54, 1.807) is 72.5 Å². The van der Waals surface area contributed by atoms with Crippen LogP contribution >= 0.6 is 47.4 Å². The lowest BCUT2D eigenvalue weighted by Crippen LogP contribution is -2.19. The molecule has 0 radical (unpaired) electrons. The second-order valence-electron chi connectivity index (χ2n) is 15.4. The zero-order valence-electron chi connectivity index (χ0n) is 101. The summed E-state index contributed by atoms with van der Waals surface area (Å²) in [5.41, 5.74) is 15.1. The summed E-state index contributed by atoms with van der Waals surface area (Å²) >= 11 is 6.89. The number of rotatable bonds is 0. The van der Waals surface area contributed by atoms with Crippen LogP contribution in [0.2, 0.25) is 0 Å². The van der Waals surface area contributed by atoms with Crippen LogP contribution in [0, 0.1) is 0 Å². The quantitative estimate of drug-likeness (QED) is 0.123. The van der Waals surface area contributed by atoms with Gasteiger partial charge >= 0.3 is 0 Å². The highest BCUT2D eigenvalue weighted by molar-refractivity contribution is 8.12. The van der Waals surface area contributed by atoms with Crippen LogP contribution in [0.4, 0.5) is 0 Å². The van der Waals surface area contributed by atoms with Gasteiger partial charge in [-0.1, -0.05) is 404 Å². The third-order valence-corrected chi connectivity index (χ3v) is 11.8. The normalized spacial score (nSPS) is 12.9. The Labute approximate surface area is 860 Å². The lowest BCUT2D eigenvalue weighted by Gasteiger charge is -2.03. The van der Waals surface area contributed by atoms with Crippen molar-refractivity contribution in [1.29, 1.82) is 0 Å². The molecule has 14 aliphatic rings. The van der Waals surface area contributed by atoms with Crippen molar-refractivity contribution in [3.8, 4) is 0 Å². The summed E-state index contributed by atoms with van der Waals surface area (Å²) < 4.78 is 22.0. The summed E-state index contributed by atoms with van der Waals surface area (Å²) in [6.07, 6.45) is 38.5. The van der Waals surface area contributed by atoms with E-state index in [-0.39, 0.29) is 0 Å². The predicted octanol–water partition coefficient (Wildman–Crippen LogP) is 34.9. The van der Waals surface area contributed by atoms with E-state index in [4.69, 9.17) is 9.47 Å². The molecule has 0 aromatic carbocycles. The predicted molar refractivity (Wildman–Crippen MR) is 654 cm³/mol. The van der Waals surface area contributed by atoms with Gasteiger partial charge in [-0.05, 0) is 101 Å². The van der Waals surface area contributed by atoms with Crippen LogP contribution < -0.4 is 32.3 Å². The van der Waals surface area contributed by atoms with Gasteiger partial charge in [0.1, 0.15) is 26.4 Å². The first kappa shape index (κ1) is 206. The maximum absolute atomic E-state index is 4.78. The minimum Gasteiger partial charge on any atom is -0.483 e. The molecule has 6 N–H and O–H groups in total. The van der Waals surface area contributed by atoms with Crippen LogP contribution in [-0.2, 0) is 23.9 Å². The van der Waals surface area contributed by atoms with Gasteiger partial charge in [-0.15, -0.1) is 28.6 Å². The second-order valence-corrected chi connectivity index (χ2v) is 19.1. The molecule has 24 nitrogen and oxygen atoms in total. The van der Waals surface area contributed by atoms with E-state index >= 15 is 0 Å². The van der Waals surface area contributed by atoms with E-state index in [2.05, 4.69) is 111 Å². The number of hydrazine groups is 1. The number of aliphatic imine (C=N–C) groups is 7. The van der Waals surface area contributed by atoms with Crippen molar-refractivity contribution >= 4 is 128 Å². The summed E-state index contributed by atoms with van der Waals surface area (Å²) in [4.78, 5) is 36.4. The van der Waals surface area contributed by atoms with Crippen molar-refractivity contribution in [2.24, 2.45) is 64.3 Å². The Morgan fingerprint density at radius 1 is 0.248 bits per heavy atom. The van der Waals surface area contributed by atoms with Crippen LogP contribution in [0.15, 0.2) is 76.5 Å². The molecular weight excluding hydrogens is 1740 g/mol. The van der Waals surface area contributed by atoms with E-state index < -0.39 is 0 Å². The van der Waals surface area contributed by atoms with Gasteiger partial charge < -0.3 is 50.8 Å². The number of nitrogens with zero attached hydrogens (tertiary/aromatic N) is 13. The smallest absolute Gasteiger partial charge is 0.192 e. The number of thioether (sulfide) groups is 2. The third kappa shape index (κ3) is 383. The Morgan fingerprint density at radius 3 is 0.759 bits per heavy atom. The maximum atomic E-state index is 4.78. The SMILES string of the molecule is C1=CNNC1.C1=NCCC1.C1=NCCCN1.C1=NCCCO1.C1=NCCCS1.C1=NCCN1.C1=NCCO1.C1=NCCS1.C1=NNCCC1.C1=NNCCO1.C1=NOCC1.C1=NOCCC1.C1=NSCC1.C1=NSCCC1.CC.CC.CC.CC.CC.CC.CC.CC.CC.CC.CC.CC.CC.CC.CC.CC.CC.CC.CC.CC.CC.CC.CC.CC.CC.CC.CC.CC. The Bertz CT molecular complexity index is 1290. The topological polar surface area (TPSA) is 279 Å². The molecule has 826 valence electrons. The average Bonchev–Trinajstić information content (AvgIpc) is 2.07. The first-order valence-corrected chi connectivity index (χ1v) is 58.6. The highest BCUT2D eigenvalue weighted by Gasteiger charge is 1.93. The van der Waals surface area contributed by atoms with Gasteiger partial charge in [0.15, 0.2) is 19.2 Å². The Balaban J connectivity index is -0.0000000330. The number of hydrazone groups is 2. The minimum absolute atomic E-state index is 0.740. The van der Waals surface area contributed by atoms with E-state index in [9.17, 15) is 0 Å². The first-order valence-electron chi connectivity index (χ1n) is 54.6. The molecule has 0 saturated carbocycles. The molecular formula is C105H257N19O5S4.